The third-order valence-corrected chi connectivity index (χ3v) is 6.00. The van der Waals surface area contributed by atoms with Gasteiger partial charge < -0.3 is 20.0 Å². The molecule has 0 saturated carbocycles. The van der Waals surface area contributed by atoms with E-state index in [1.54, 1.807) is 6.20 Å². The number of carbonyl (C=O) groups excluding carboxylic acids is 2. The maximum absolute atomic E-state index is 12.8. The number of piperidine rings is 1. The van der Waals surface area contributed by atoms with E-state index in [0.717, 1.165) is 50.5 Å². The zero-order valence-electron chi connectivity index (χ0n) is 17.2. The Morgan fingerprint density at radius 2 is 1.57 bits per heavy atom. The quantitative estimate of drug-likeness (QED) is 0.846. The minimum atomic E-state index is -0.0587. The molecule has 0 aliphatic carbocycles. The molecule has 2 aliphatic rings. The number of piperazine rings is 1. The molecule has 1 aromatic heterocycles. The van der Waals surface area contributed by atoms with E-state index in [4.69, 9.17) is 0 Å². The normalized spacial score (nSPS) is 17.7. The molecule has 2 aromatic rings. The van der Waals surface area contributed by atoms with Gasteiger partial charge in [-0.2, -0.15) is 0 Å². The summed E-state index contributed by atoms with van der Waals surface area (Å²) in [6.07, 6.45) is 4.14. The monoisotopic (exact) mass is 407 g/mol. The molecule has 7 nitrogen and oxygen atoms in total. The van der Waals surface area contributed by atoms with Crippen LogP contribution in [0.4, 0.5) is 16.3 Å². The van der Waals surface area contributed by atoms with E-state index in [9.17, 15) is 9.59 Å². The predicted octanol–water partition coefficient (Wildman–Crippen LogP) is 3.06. The molecule has 0 bridgehead atoms. The summed E-state index contributed by atoms with van der Waals surface area (Å²) in [4.78, 5) is 35.6. The zero-order chi connectivity index (χ0) is 20.8. The Balaban J connectivity index is 1.19. The second kappa shape index (κ2) is 9.61. The molecule has 0 unspecified atom stereocenters. The first-order valence-electron chi connectivity index (χ1n) is 10.7. The van der Waals surface area contributed by atoms with Crippen LogP contribution in [0.3, 0.4) is 0 Å². The summed E-state index contributed by atoms with van der Waals surface area (Å²) in [5.41, 5.74) is 0.810. The number of urea groups is 1. The number of para-hydroxylation sites is 1. The topological polar surface area (TPSA) is 68.8 Å². The van der Waals surface area contributed by atoms with Gasteiger partial charge in [-0.05, 0) is 43.0 Å². The first-order valence-corrected chi connectivity index (χ1v) is 10.7. The lowest BCUT2D eigenvalue weighted by Crippen LogP contribution is -2.49. The number of pyridine rings is 1. The van der Waals surface area contributed by atoms with Crippen molar-refractivity contribution in [2.24, 2.45) is 5.92 Å². The molecule has 0 radical (unpaired) electrons. The van der Waals surface area contributed by atoms with Crippen LogP contribution in [0.5, 0.6) is 0 Å². The Hall–Kier alpha value is -3.09. The number of hydrogen-bond acceptors (Lipinski definition) is 4. The number of likely N-dealkylation sites (tertiary alicyclic amines) is 1. The Labute approximate surface area is 177 Å². The second-order valence-electron chi connectivity index (χ2n) is 7.99. The number of aromatic nitrogens is 1. The maximum atomic E-state index is 12.8. The van der Waals surface area contributed by atoms with Crippen molar-refractivity contribution in [3.05, 3.63) is 54.7 Å². The summed E-state index contributed by atoms with van der Waals surface area (Å²) in [6, 6.07) is 15.4. The van der Waals surface area contributed by atoms with Gasteiger partial charge in [-0.15, -0.1) is 0 Å². The molecule has 158 valence electrons. The fourth-order valence-corrected chi connectivity index (χ4v) is 4.17. The molecule has 2 saturated heterocycles. The number of benzene rings is 1. The van der Waals surface area contributed by atoms with E-state index in [2.05, 4.69) is 15.2 Å². The Bertz CT molecular complexity index is 829. The lowest BCUT2D eigenvalue weighted by molar-refractivity contribution is -0.132. The van der Waals surface area contributed by atoms with Crippen molar-refractivity contribution in [3.8, 4) is 0 Å². The molecule has 2 aliphatic heterocycles. The van der Waals surface area contributed by atoms with Gasteiger partial charge in [0.25, 0.3) is 0 Å². The highest BCUT2D eigenvalue weighted by atomic mass is 16.2. The number of rotatable bonds is 4. The van der Waals surface area contributed by atoms with Crippen molar-refractivity contribution in [2.45, 2.75) is 19.3 Å². The molecule has 1 aromatic carbocycles. The van der Waals surface area contributed by atoms with Crippen LogP contribution in [0, 0.1) is 5.92 Å². The molecular weight excluding hydrogens is 378 g/mol. The van der Waals surface area contributed by atoms with Crippen LogP contribution < -0.4 is 10.2 Å². The molecule has 2 fully saturated rings. The average molecular weight is 408 g/mol. The highest BCUT2D eigenvalue weighted by Crippen LogP contribution is 2.23. The van der Waals surface area contributed by atoms with Crippen LogP contribution in [0.25, 0.3) is 0 Å². The van der Waals surface area contributed by atoms with Gasteiger partial charge in [0.15, 0.2) is 0 Å². The third kappa shape index (κ3) is 5.09. The van der Waals surface area contributed by atoms with Crippen LogP contribution >= 0.6 is 0 Å². The van der Waals surface area contributed by atoms with Gasteiger partial charge >= 0.3 is 6.03 Å². The predicted molar refractivity (Wildman–Crippen MR) is 117 cm³/mol. The molecule has 4 rings (SSSR count). The minimum Gasteiger partial charge on any atom is -0.353 e. The van der Waals surface area contributed by atoms with Crippen LogP contribution in [-0.2, 0) is 4.79 Å². The zero-order valence-corrected chi connectivity index (χ0v) is 17.2. The van der Waals surface area contributed by atoms with Crippen LogP contribution in [0.2, 0.25) is 0 Å². The number of nitrogens with zero attached hydrogens (tertiary/aromatic N) is 4. The van der Waals surface area contributed by atoms with Crippen molar-refractivity contribution in [1.82, 2.24) is 14.8 Å². The van der Waals surface area contributed by atoms with Crippen LogP contribution in [0.1, 0.15) is 19.3 Å². The van der Waals surface area contributed by atoms with Gasteiger partial charge in [0.05, 0.1) is 0 Å². The summed E-state index contributed by atoms with van der Waals surface area (Å²) < 4.78 is 0. The number of nitrogens with one attached hydrogen (secondary N) is 1. The Morgan fingerprint density at radius 1 is 0.867 bits per heavy atom. The number of carbonyl (C=O) groups is 2. The lowest BCUT2D eigenvalue weighted by Gasteiger charge is -2.37. The number of amides is 3. The highest BCUT2D eigenvalue weighted by molar-refractivity contribution is 5.89. The largest absolute Gasteiger partial charge is 0.353 e. The summed E-state index contributed by atoms with van der Waals surface area (Å²) in [5.74, 6) is 1.57. The van der Waals surface area contributed by atoms with Crippen molar-refractivity contribution >= 4 is 23.4 Å². The summed E-state index contributed by atoms with van der Waals surface area (Å²) in [7, 11) is 0. The highest BCUT2D eigenvalue weighted by Gasteiger charge is 2.28. The first-order chi connectivity index (χ1) is 14.7. The van der Waals surface area contributed by atoms with Crippen molar-refractivity contribution in [2.75, 3.05) is 49.5 Å². The molecule has 0 spiro atoms. The van der Waals surface area contributed by atoms with E-state index in [1.165, 1.54) is 0 Å². The summed E-state index contributed by atoms with van der Waals surface area (Å²) in [5, 5.41) is 2.94. The Morgan fingerprint density at radius 3 is 2.23 bits per heavy atom. The van der Waals surface area contributed by atoms with Crippen LogP contribution in [-0.4, -0.2) is 66.0 Å². The average Bonchev–Trinajstić information content (AvgIpc) is 2.81. The van der Waals surface area contributed by atoms with E-state index in [0.29, 0.717) is 25.4 Å². The van der Waals surface area contributed by atoms with Gasteiger partial charge in [0, 0.05) is 57.6 Å². The molecule has 7 heteroatoms. The number of anilines is 2. The molecule has 3 amide bonds. The Kier molecular flexibility index (Phi) is 6.47. The smallest absolute Gasteiger partial charge is 0.321 e. The van der Waals surface area contributed by atoms with Gasteiger partial charge in [-0.1, -0.05) is 24.3 Å². The maximum Gasteiger partial charge on any atom is 0.321 e. The fraction of sp³-hybridized carbons (Fsp3) is 0.435. The van der Waals surface area contributed by atoms with Gasteiger partial charge in [-0.3, -0.25) is 4.79 Å². The first kappa shape index (κ1) is 20.2. The molecule has 3 heterocycles. The number of hydrogen-bond donors (Lipinski definition) is 1. The minimum absolute atomic E-state index is 0.0587. The van der Waals surface area contributed by atoms with Crippen molar-refractivity contribution in [1.29, 1.82) is 0 Å². The lowest BCUT2D eigenvalue weighted by atomic mass is 9.93. The standard InChI is InChI=1S/C23H29N5O2/c29-22(27-16-14-26(15-17-27)21-8-4-5-11-24-21)18-19-9-12-28(13-10-19)23(30)25-20-6-2-1-3-7-20/h1-8,11,19H,9-10,12-18H2,(H,25,30). The van der Waals surface area contributed by atoms with Gasteiger partial charge in [0.1, 0.15) is 5.82 Å². The summed E-state index contributed by atoms with van der Waals surface area (Å²) >= 11 is 0. The van der Waals surface area contributed by atoms with Crippen LogP contribution in [0.15, 0.2) is 54.7 Å². The third-order valence-electron chi connectivity index (χ3n) is 6.00. The van der Waals surface area contributed by atoms with Gasteiger partial charge in [0.2, 0.25) is 5.91 Å². The molecule has 0 atom stereocenters. The van der Waals surface area contributed by atoms with E-state index >= 15 is 0 Å². The molecular formula is C23H29N5O2. The van der Waals surface area contributed by atoms with E-state index < -0.39 is 0 Å². The van der Waals surface area contributed by atoms with Crippen molar-refractivity contribution in [3.63, 3.8) is 0 Å². The second-order valence-corrected chi connectivity index (χ2v) is 7.99. The molecule has 1 N–H and O–H groups in total. The van der Waals surface area contributed by atoms with E-state index in [-0.39, 0.29) is 11.9 Å². The SMILES string of the molecule is O=C(CC1CCN(C(=O)Nc2ccccc2)CC1)N1CCN(c2ccccn2)CC1. The summed E-state index contributed by atoms with van der Waals surface area (Å²) in [6.45, 7) is 4.53. The van der Waals surface area contributed by atoms with E-state index in [1.807, 2.05) is 58.3 Å². The van der Waals surface area contributed by atoms with Crippen molar-refractivity contribution < 1.29 is 9.59 Å². The van der Waals surface area contributed by atoms with Gasteiger partial charge in [-0.25, -0.2) is 9.78 Å². The molecule has 30 heavy (non-hydrogen) atoms. The fourth-order valence-electron chi connectivity index (χ4n) is 4.17.